The van der Waals surface area contributed by atoms with Gasteiger partial charge in [0.1, 0.15) is 17.2 Å². The second-order valence-electron chi connectivity index (χ2n) is 4.91. The van der Waals surface area contributed by atoms with Gasteiger partial charge in [0.2, 0.25) is 0 Å². The Hall–Kier alpha value is -2.69. The van der Waals surface area contributed by atoms with E-state index < -0.39 is 5.97 Å². The molecule has 2 aromatic rings. The van der Waals surface area contributed by atoms with Gasteiger partial charge in [-0.1, -0.05) is 6.07 Å². The molecule has 0 radical (unpaired) electrons. The minimum absolute atomic E-state index is 0.227. The molecule has 2 aromatic carbocycles. The average Bonchev–Trinajstić information content (AvgIpc) is 2.58. The second kappa shape index (κ2) is 8.68. The van der Waals surface area contributed by atoms with E-state index in [1.165, 1.54) is 12.1 Å². The lowest BCUT2D eigenvalue weighted by Crippen LogP contribution is -2.03. The number of hydrogen-bond donors (Lipinski definition) is 1. The highest BCUT2D eigenvalue weighted by molar-refractivity contribution is 5.87. The van der Waals surface area contributed by atoms with Crippen molar-refractivity contribution >= 4 is 5.97 Å². The number of methoxy groups -OCH3 is 1. The molecular formula is C18H20O5. The number of unbranched alkanes of at least 4 members (excludes halogenated alkanes) is 1. The zero-order valence-electron chi connectivity index (χ0n) is 13.0. The Morgan fingerprint density at radius 2 is 1.52 bits per heavy atom. The smallest absolute Gasteiger partial charge is 0.335 e. The lowest BCUT2D eigenvalue weighted by molar-refractivity contribution is 0.0696. The molecule has 5 nitrogen and oxygen atoms in total. The van der Waals surface area contributed by atoms with Crippen molar-refractivity contribution in [1.29, 1.82) is 0 Å². The van der Waals surface area contributed by atoms with E-state index in [1.54, 1.807) is 19.2 Å². The van der Waals surface area contributed by atoms with Crippen LogP contribution in [0.5, 0.6) is 17.2 Å². The Balaban J connectivity index is 1.63. The minimum atomic E-state index is -0.955. The molecule has 0 amide bonds. The summed E-state index contributed by atoms with van der Waals surface area (Å²) in [6, 6.07) is 13.9. The predicted octanol–water partition coefficient (Wildman–Crippen LogP) is 3.63. The molecule has 1 N–H and O–H groups in total. The molecule has 0 fully saturated rings. The quantitative estimate of drug-likeness (QED) is 0.716. The van der Waals surface area contributed by atoms with E-state index in [4.69, 9.17) is 19.3 Å². The van der Waals surface area contributed by atoms with Gasteiger partial charge in [0.15, 0.2) is 0 Å². The Labute approximate surface area is 135 Å². The number of carbonyl (C=O) groups is 1. The predicted molar refractivity (Wildman–Crippen MR) is 86.6 cm³/mol. The third kappa shape index (κ3) is 5.54. The third-order valence-electron chi connectivity index (χ3n) is 3.22. The van der Waals surface area contributed by atoms with Crippen LogP contribution < -0.4 is 14.2 Å². The van der Waals surface area contributed by atoms with Crippen molar-refractivity contribution in [1.82, 2.24) is 0 Å². The molecule has 0 aliphatic heterocycles. The highest BCUT2D eigenvalue weighted by atomic mass is 16.5. The zero-order chi connectivity index (χ0) is 16.5. The fraction of sp³-hybridized carbons (Fsp3) is 0.278. The molecule has 0 heterocycles. The van der Waals surface area contributed by atoms with Gasteiger partial charge in [-0.2, -0.15) is 0 Å². The van der Waals surface area contributed by atoms with E-state index in [0.717, 1.165) is 24.3 Å². The van der Waals surface area contributed by atoms with Crippen molar-refractivity contribution in [2.24, 2.45) is 0 Å². The fourth-order valence-electron chi connectivity index (χ4n) is 1.98. The van der Waals surface area contributed by atoms with Gasteiger partial charge in [0.05, 0.1) is 25.9 Å². The SMILES string of the molecule is COc1ccc(OCCCCOc2cccc(C(=O)O)c2)cc1. The summed E-state index contributed by atoms with van der Waals surface area (Å²) in [5, 5.41) is 8.91. The van der Waals surface area contributed by atoms with Crippen LogP contribution in [0.4, 0.5) is 0 Å². The van der Waals surface area contributed by atoms with E-state index >= 15 is 0 Å². The largest absolute Gasteiger partial charge is 0.497 e. The summed E-state index contributed by atoms with van der Waals surface area (Å²) >= 11 is 0. The van der Waals surface area contributed by atoms with Gasteiger partial charge in [0.25, 0.3) is 0 Å². The lowest BCUT2D eigenvalue weighted by atomic mass is 10.2. The molecule has 0 aliphatic rings. The third-order valence-corrected chi connectivity index (χ3v) is 3.22. The van der Waals surface area contributed by atoms with Crippen molar-refractivity contribution in [2.75, 3.05) is 20.3 Å². The van der Waals surface area contributed by atoms with Crippen LogP contribution in [0.1, 0.15) is 23.2 Å². The van der Waals surface area contributed by atoms with Crippen LogP contribution in [0.15, 0.2) is 48.5 Å². The minimum Gasteiger partial charge on any atom is -0.497 e. The molecule has 5 heteroatoms. The van der Waals surface area contributed by atoms with Crippen LogP contribution in [0.2, 0.25) is 0 Å². The summed E-state index contributed by atoms with van der Waals surface area (Å²) in [5.41, 5.74) is 0.227. The number of carboxylic acid groups (broad SMARTS) is 1. The van der Waals surface area contributed by atoms with Crippen LogP contribution in [0.3, 0.4) is 0 Å². The lowest BCUT2D eigenvalue weighted by Gasteiger charge is -2.08. The Kier molecular flexibility index (Phi) is 6.29. The first kappa shape index (κ1) is 16.7. The fourth-order valence-corrected chi connectivity index (χ4v) is 1.98. The maximum atomic E-state index is 10.9. The van der Waals surface area contributed by atoms with Crippen molar-refractivity contribution in [3.63, 3.8) is 0 Å². The Morgan fingerprint density at radius 3 is 2.13 bits per heavy atom. The first-order valence-corrected chi connectivity index (χ1v) is 7.42. The molecule has 2 rings (SSSR count). The summed E-state index contributed by atoms with van der Waals surface area (Å²) in [6.45, 7) is 1.12. The molecule has 122 valence electrons. The van der Waals surface area contributed by atoms with Gasteiger partial charge in [-0.05, 0) is 55.3 Å². The van der Waals surface area contributed by atoms with E-state index in [9.17, 15) is 4.79 Å². The summed E-state index contributed by atoms with van der Waals surface area (Å²) in [5.74, 6) is 1.22. The van der Waals surface area contributed by atoms with Gasteiger partial charge >= 0.3 is 5.97 Å². The topological polar surface area (TPSA) is 65.0 Å². The summed E-state index contributed by atoms with van der Waals surface area (Å²) in [7, 11) is 1.63. The van der Waals surface area contributed by atoms with E-state index in [2.05, 4.69) is 0 Å². The standard InChI is InChI=1S/C18H20O5/c1-21-15-7-9-16(10-8-15)22-11-2-3-12-23-17-6-4-5-14(13-17)18(19)20/h4-10,13H,2-3,11-12H2,1H3,(H,19,20). The van der Waals surface area contributed by atoms with Crippen molar-refractivity contribution in [3.05, 3.63) is 54.1 Å². The Bertz CT molecular complexity index is 622. The number of ether oxygens (including phenoxy) is 3. The van der Waals surface area contributed by atoms with Crippen molar-refractivity contribution in [3.8, 4) is 17.2 Å². The molecule has 23 heavy (non-hydrogen) atoms. The number of carboxylic acids is 1. The molecular weight excluding hydrogens is 296 g/mol. The van der Waals surface area contributed by atoms with Gasteiger partial charge in [0, 0.05) is 0 Å². The van der Waals surface area contributed by atoms with Crippen molar-refractivity contribution in [2.45, 2.75) is 12.8 Å². The van der Waals surface area contributed by atoms with Crippen LogP contribution in [-0.4, -0.2) is 31.4 Å². The number of hydrogen-bond acceptors (Lipinski definition) is 4. The molecule has 0 atom stereocenters. The normalized spacial score (nSPS) is 10.1. The molecule has 0 aliphatic carbocycles. The number of aromatic carboxylic acids is 1. The molecule has 0 unspecified atom stereocenters. The molecule has 0 spiro atoms. The zero-order valence-corrected chi connectivity index (χ0v) is 13.0. The summed E-state index contributed by atoms with van der Waals surface area (Å²) in [4.78, 5) is 10.9. The summed E-state index contributed by atoms with van der Waals surface area (Å²) < 4.78 is 16.2. The maximum absolute atomic E-state index is 10.9. The monoisotopic (exact) mass is 316 g/mol. The van der Waals surface area contributed by atoms with Crippen molar-refractivity contribution < 1.29 is 24.1 Å². The van der Waals surface area contributed by atoms with Gasteiger partial charge < -0.3 is 19.3 Å². The Morgan fingerprint density at radius 1 is 0.913 bits per heavy atom. The second-order valence-corrected chi connectivity index (χ2v) is 4.91. The highest BCUT2D eigenvalue weighted by Crippen LogP contribution is 2.17. The van der Waals surface area contributed by atoms with Crippen LogP contribution in [0.25, 0.3) is 0 Å². The first-order valence-electron chi connectivity index (χ1n) is 7.42. The highest BCUT2D eigenvalue weighted by Gasteiger charge is 2.03. The van der Waals surface area contributed by atoms with Gasteiger partial charge in [-0.3, -0.25) is 0 Å². The number of rotatable bonds is 9. The number of benzene rings is 2. The maximum Gasteiger partial charge on any atom is 0.335 e. The van der Waals surface area contributed by atoms with E-state index in [0.29, 0.717) is 19.0 Å². The molecule has 0 aromatic heterocycles. The van der Waals surface area contributed by atoms with E-state index in [1.807, 2.05) is 24.3 Å². The van der Waals surface area contributed by atoms with Gasteiger partial charge in [-0.15, -0.1) is 0 Å². The molecule has 0 saturated carbocycles. The van der Waals surface area contributed by atoms with Gasteiger partial charge in [-0.25, -0.2) is 4.79 Å². The van der Waals surface area contributed by atoms with Crippen LogP contribution in [0, 0.1) is 0 Å². The summed E-state index contributed by atoms with van der Waals surface area (Å²) in [6.07, 6.45) is 1.68. The van der Waals surface area contributed by atoms with Crippen LogP contribution >= 0.6 is 0 Å². The molecule has 0 bridgehead atoms. The average molecular weight is 316 g/mol. The first-order chi connectivity index (χ1) is 11.2. The molecule has 0 saturated heterocycles. The van der Waals surface area contributed by atoms with Crippen LogP contribution in [-0.2, 0) is 0 Å². The van der Waals surface area contributed by atoms with E-state index in [-0.39, 0.29) is 5.56 Å².